The second-order valence-corrected chi connectivity index (χ2v) is 6.07. The van der Waals surface area contributed by atoms with Gasteiger partial charge in [-0.05, 0) is 42.0 Å². The molecule has 0 aromatic heterocycles. The number of benzene rings is 2. The van der Waals surface area contributed by atoms with Crippen LogP contribution in [0.2, 0.25) is 0 Å². The van der Waals surface area contributed by atoms with Crippen LogP contribution in [0.15, 0.2) is 54.6 Å². The molecule has 0 radical (unpaired) electrons. The molecule has 0 unspecified atom stereocenters. The van der Waals surface area contributed by atoms with E-state index in [-0.39, 0.29) is 5.82 Å². The van der Waals surface area contributed by atoms with Crippen LogP contribution in [0, 0.1) is 5.82 Å². The first-order chi connectivity index (χ1) is 11.2. The Morgan fingerprint density at radius 2 is 1.61 bits per heavy atom. The molecule has 1 saturated heterocycles. The van der Waals surface area contributed by atoms with Gasteiger partial charge in [-0.15, -0.1) is 0 Å². The number of thiocarbonyl (C=S) groups is 1. The molecule has 0 atom stereocenters. The fourth-order valence-electron chi connectivity index (χ4n) is 2.68. The van der Waals surface area contributed by atoms with Gasteiger partial charge < -0.3 is 10.2 Å². The molecule has 1 N–H and O–H groups in total. The van der Waals surface area contributed by atoms with E-state index in [2.05, 4.69) is 15.1 Å². The maximum absolute atomic E-state index is 12.9. The average Bonchev–Trinajstić information content (AvgIpc) is 2.58. The van der Waals surface area contributed by atoms with Crippen LogP contribution in [0.25, 0.3) is 0 Å². The van der Waals surface area contributed by atoms with Gasteiger partial charge in [0, 0.05) is 38.4 Å². The van der Waals surface area contributed by atoms with Crippen LogP contribution >= 0.6 is 12.2 Å². The van der Waals surface area contributed by atoms with Crippen molar-refractivity contribution >= 4 is 23.0 Å². The van der Waals surface area contributed by atoms with Gasteiger partial charge in [-0.1, -0.05) is 30.3 Å². The van der Waals surface area contributed by atoms with Crippen molar-refractivity contribution in [2.45, 2.75) is 6.54 Å². The van der Waals surface area contributed by atoms with E-state index in [9.17, 15) is 4.39 Å². The zero-order chi connectivity index (χ0) is 16.1. The average molecular weight is 329 g/mol. The molecule has 0 aliphatic carbocycles. The number of nitrogens with zero attached hydrogens (tertiary/aromatic N) is 2. The van der Waals surface area contributed by atoms with Crippen LogP contribution < -0.4 is 5.32 Å². The van der Waals surface area contributed by atoms with Crippen molar-refractivity contribution in [3.05, 3.63) is 66.0 Å². The molecule has 1 aliphatic heterocycles. The van der Waals surface area contributed by atoms with Crippen LogP contribution in [0.5, 0.6) is 0 Å². The quantitative estimate of drug-likeness (QED) is 0.870. The van der Waals surface area contributed by atoms with Gasteiger partial charge in [0.05, 0.1) is 0 Å². The van der Waals surface area contributed by atoms with Crippen LogP contribution in [0.4, 0.5) is 10.1 Å². The Kier molecular flexibility index (Phi) is 5.20. The minimum absolute atomic E-state index is 0.184. The summed E-state index contributed by atoms with van der Waals surface area (Å²) in [5.41, 5.74) is 2.16. The lowest BCUT2D eigenvalue weighted by atomic mass is 10.2. The largest absolute Gasteiger partial charge is 0.346 e. The zero-order valence-electron chi connectivity index (χ0n) is 12.9. The van der Waals surface area contributed by atoms with Crippen LogP contribution in [-0.4, -0.2) is 41.1 Å². The second kappa shape index (κ2) is 7.53. The molecule has 2 aromatic rings. The highest BCUT2D eigenvalue weighted by atomic mass is 32.1. The zero-order valence-corrected chi connectivity index (χ0v) is 13.7. The predicted molar refractivity (Wildman–Crippen MR) is 95.9 cm³/mol. The molecule has 1 fully saturated rings. The van der Waals surface area contributed by atoms with Crippen molar-refractivity contribution in [1.82, 2.24) is 9.80 Å². The third kappa shape index (κ3) is 4.50. The van der Waals surface area contributed by atoms with Crippen molar-refractivity contribution in [2.24, 2.45) is 0 Å². The normalized spacial score (nSPS) is 15.4. The molecule has 3 nitrogen and oxygen atoms in total. The number of hydrogen-bond acceptors (Lipinski definition) is 2. The van der Waals surface area contributed by atoms with Crippen molar-refractivity contribution in [1.29, 1.82) is 0 Å². The van der Waals surface area contributed by atoms with E-state index in [0.717, 1.165) is 49.1 Å². The Morgan fingerprint density at radius 1 is 0.957 bits per heavy atom. The number of rotatable bonds is 3. The number of anilines is 1. The minimum Gasteiger partial charge on any atom is -0.346 e. The highest BCUT2D eigenvalue weighted by Crippen LogP contribution is 2.12. The lowest BCUT2D eigenvalue weighted by Crippen LogP contribution is -2.49. The molecule has 1 heterocycles. The van der Waals surface area contributed by atoms with Gasteiger partial charge in [0.2, 0.25) is 0 Å². The molecule has 0 saturated carbocycles. The molecule has 2 aromatic carbocycles. The summed E-state index contributed by atoms with van der Waals surface area (Å²) in [6.07, 6.45) is 0. The highest BCUT2D eigenvalue weighted by molar-refractivity contribution is 7.80. The van der Waals surface area contributed by atoms with Crippen LogP contribution in [0.3, 0.4) is 0 Å². The summed E-state index contributed by atoms with van der Waals surface area (Å²) >= 11 is 5.49. The maximum Gasteiger partial charge on any atom is 0.173 e. The Labute approximate surface area is 141 Å². The summed E-state index contributed by atoms with van der Waals surface area (Å²) in [5, 5.41) is 4.06. The predicted octanol–water partition coefficient (Wildman–Crippen LogP) is 3.34. The van der Waals surface area contributed by atoms with Crippen molar-refractivity contribution < 1.29 is 4.39 Å². The van der Waals surface area contributed by atoms with E-state index in [1.807, 2.05) is 42.5 Å². The topological polar surface area (TPSA) is 18.5 Å². The van der Waals surface area contributed by atoms with Crippen molar-refractivity contribution in [2.75, 3.05) is 31.5 Å². The number of hydrogen-bond donors (Lipinski definition) is 1. The Balaban J connectivity index is 1.48. The molecule has 1 aliphatic rings. The number of piperazine rings is 1. The third-order valence-corrected chi connectivity index (χ3v) is 4.36. The first kappa shape index (κ1) is 15.9. The molecule has 120 valence electrons. The van der Waals surface area contributed by atoms with Gasteiger partial charge in [0.1, 0.15) is 5.82 Å². The Bertz CT molecular complexity index is 637. The molecular formula is C18H20FN3S. The molecule has 0 amide bonds. The monoisotopic (exact) mass is 329 g/mol. The highest BCUT2D eigenvalue weighted by Gasteiger charge is 2.19. The standard InChI is InChI=1S/C18H20FN3S/c19-16-8-6-15(7-9-16)14-21-10-12-22(13-11-21)18(23)20-17-4-2-1-3-5-17/h1-9H,10-14H2,(H,20,23). The first-order valence-corrected chi connectivity index (χ1v) is 8.19. The lowest BCUT2D eigenvalue weighted by molar-refractivity contribution is 0.177. The van der Waals surface area contributed by atoms with Crippen LogP contribution in [0.1, 0.15) is 5.56 Å². The SMILES string of the molecule is Fc1ccc(CN2CCN(C(=S)Nc3ccccc3)CC2)cc1. The van der Waals surface area contributed by atoms with Gasteiger partial charge in [0.15, 0.2) is 5.11 Å². The fourth-order valence-corrected chi connectivity index (χ4v) is 2.98. The van der Waals surface area contributed by atoms with Crippen LogP contribution in [-0.2, 0) is 6.54 Å². The maximum atomic E-state index is 12.9. The number of nitrogens with one attached hydrogen (secondary N) is 1. The van der Waals surface area contributed by atoms with E-state index in [1.165, 1.54) is 12.1 Å². The van der Waals surface area contributed by atoms with Gasteiger partial charge in [-0.25, -0.2) is 4.39 Å². The van der Waals surface area contributed by atoms with Gasteiger partial charge in [-0.3, -0.25) is 4.90 Å². The summed E-state index contributed by atoms with van der Waals surface area (Å²) < 4.78 is 12.9. The minimum atomic E-state index is -0.184. The lowest BCUT2D eigenvalue weighted by Gasteiger charge is -2.36. The Morgan fingerprint density at radius 3 is 2.26 bits per heavy atom. The summed E-state index contributed by atoms with van der Waals surface area (Å²) in [7, 11) is 0. The van der Waals surface area contributed by atoms with Gasteiger partial charge in [0.25, 0.3) is 0 Å². The summed E-state index contributed by atoms with van der Waals surface area (Å²) in [4.78, 5) is 4.57. The molecule has 23 heavy (non-hydrogen) atoms. The van der Waals surface area contributed by atoms with Gasteiger partial charge in [-0.2, -0.15) is 0 Å². The van der Waals surface area contributed by atoms with E-state index >= 15 is 0 Å². The molecule has 0 bridgehead atoms. The second-order valence-electron chi connectivity index (χ2n) is 5.69. The van der Waals surface area contributed by atoms with E-state index in [4.69, 9.17) is 12.2 Å². The van der Waals surface area contributed by atoms with E-state index in [0.29, 0.717) is 0 Å². The summed E-state index contributed by atoms with van der Waals surface area (Å²) in [5.74, 6) is -0.184. The number of para-hydroxylation sites is 1. The smallest absolute Gasteiger partial charge is 0.173 e. The van der Waals surface area contributed by atoms with Crippen molar-refractivity contribution in [3.8, 4) is 0 Å². The van der Waals surface area contributed by atoms with E-state index in [1.54, 1.807) is 0 Å². The Hall–Kier alpha value is -1.98. The summed E-state index contributed by atoms with van der Waals surface area (Å²) in [6.45, 7) is 4.56. The molecular weight excluding hydrogens is 309 g/mol. The molecule has 5 heteroatoms. The number of halogens is 1. The van der Waals surface area contributed by atoms with E-state index < -0.39 is 0 Å². The molecule has 3 rings (SSSR count). The summed E-state index contributed by atoms with van der Waals surface area (Å²) in [6, 6.07) is 16.7. The fraction of sp³-hybridized carbons (Fsp3) is 0.278. The first-order valence-electron chi connectivity index (χ1n) is 7.78. The van der Waals surface area contributed by atoms with Gasteiger partial charge >= 0.3 is 0 Å². The molecule has 0 spiro atoms. The third-order valence-electron chi connectivity index (χ3n) is 4.00. The van der Waals surface area contributed by atoms with Crippen molar-refractivity contribution in [3.63, 3.8) is 0 Å².